The van der Waals surface area contributed by atoms with Gasteiger partial charge in [-0.3, -0.25) is 19.9 Å². The molecule has 156 valence electrons. The predicted octanol–water partition coefficient (Wildman–Crippen LogP) is 4.45. The summed E-state index contributed by atoms with van der Waals surface area (Å²) in [4.78, 5) is 38.0. The van der Waals surface area contributed by atoms with Crippen molar-refractivity contribution >= 4 is 51.9 Å². The fourth-order valence-electron chi connectivity index (χ4n) is 3.36. The lowest BCUT2D eigenvalue weighted by molar-refractivity contribution is -0.386. The van der Waals surface area contributed by atoms with Gasteiger partial charge in [0.1, 0.15) is 5.69 Å². The number of hydrogen-bond acceptors (Lipinski definition) is 4. The Morgan fingerprint density at radius 2 is 1.71 bits per heavy atom. The number of nitrogens with one attached hydrogen (secondary N) is 2. The van der Waals surface area contributed by atoms with Gasteiger partial charge in [-0.2, -0.15) is 0 Å². The van der Waals surface area contributed by atoms with Gasteiger partial charge in [0.05, 0.1) is 11.5 Å². The van der Waals surface area contributed by atoms with Crippen molar-refractivity contribution in [1.82, 2.24) is 14.5 Å². The summed E-state index contributed by atoms with van der Waals surface area (Å²) in [7, 11) is 0. The van der Waals surface area contributed by atoms with Crippen LogP contribution in [0.25, 0.3) is 23.1 Å². The molecule has 2 N–H and O–H groups in total. The molecular formula is C21H14Cl2N4O4. The maximum absolute atomic E-state index is 11.8. The van der Waals surface area contributed by atoms with E-state index < -0.39 is 21.9 Å². The lowest BCUT2D eigenvalue weighted by Crippen LogP contribution is -2.25. The van der Waals surface area contributed by atoms with E-state index in [2.05, 4.69) is 4.98 Å². The van der Waals surface area contributed by atoms with Gasteiger partial charge in [-0.1, -0.05) is 53.5 Å². The zero-order chi connectivity index (χ0) is 22.1. The van der Waals surface area contributed by atoms with E-state index in [4.69, 9.17) is 23.2 Å². The molecular weight excluding hydrogens is 443 g/mol. The number of fused-ring (bicyclic) bond motifs is 1. The number of rotatable bonds is 5. The van der Waals surface area contributed by atoms with Crippen LogP contribution in [0, 0.1) is 10.1 Å². The normalized spacial score (nSPS) is 11.4. The van der Waals surface area contributed by atoms with Gasteiger partial charge >= 0.3 is 16.9 Å². The molecule has 31 heavy (non-hydrogen) atoms. The number of hydrogen-bond donors (Lipinski definition) is 2. The van der Waals surface area contributed by atoms with Crippen LogP contribution in [0.5, 0.6) is 0 Å². The van der Waals surface area contributed by atoms with Gasteiger partial charge in [0.25, 0.3) is 0 Å². The highest BCUT2D eigenvalue weighted by atomic mass is 35.5. The van der Waals surface area contributed by atoms with E-state index in [0.29, 0.717) is 16.6 Å². The van der Waals surface area contributed by atoms with Crippen molar-refractivity contribution in [3.63, 3.8) is 0 Å². The van der Waals surface area contributed by atoms with Gasteiger partial charge in [-0.05, 0) is 24.3 Å². The van der Waals surface area contributed by atoms with Crippen LogP contribution in [0.1, 0.15) is 16.8 Å². The topological polar surface area (TPSA) is 114 Å². The van der Waals surface area contributed by atoms with E-state index in [1.54, 1.807) is 24.3 Å². The van der Waals surface area contributed by atoms with Crippen molar-refractivity contribution in [3.05, 3.63) is 106 Å². The highest BCUT2D eigenvalue weighted by Gasteiger charge is 2.19. The standard InChI is InChI=1S/C21H14Cl2N4O4/c22-15-5-3-6-16(23)14(15)11-26-10-12(13-4-1-2-7-18(13)26)8-9-17-19(27(30)31)20(28)25-21(29)24-17/h1-10H,11H2,(H2,24,25,28,29)/b9-8+. The SMILES string of the molecule is O=c1[nH]c(/C=C/c2cn(Cc3c(Cl)cccc3Cl)c3ccccc23)c([N+](=O)[O-])c(=O)[nH]1. The third-order valence-corrected chi connectivity index (χ3v) is 5.48. The lowest BCUT2D eigenvalue weighted by atomic mass is 10.1. The van der Waals surface area contributed by atoms with Crippen LogP contribution >= 0.6 is 23.2 Å². The summed E-state index contributed by atoms with van der Waals surface area (Å²) in [5.74, 6) is 0. The van der Waals surface area contributed by atoms with Crippen molar-refractivity contribution in [3.8, 4) is 0 Å². The molecule has 4 aromatic rings. The number of aromatic nitrogens is 3. The second kappa shape index (κ2) is 8.25. The highest BCUT2D eigenvalue weighted by molar-refractivity contribution is 6.36. The zero-order valence-corrected chi connectivity index (χ0v) is 17.3. The Hall–Kier alpha value is -3.62. The number of benzene rings is 2. The molecule has 0 aliphatic rings. The molecule has 0 bridgehead atoms. The number of para-hydroxylation sites is 1. The number of halogens is 2. The van der Waals surface area contributed by atoms with Crippen molar-refractivity contribution in [2.24, 2.45) is 0 Å². The fourth-order valence-corrected chi connectivity index (χ4v) is 3.88. The molecule has 0 saturated carbocycles. The molecule has 8 nitrogen and oxygen atoms in total. The van der Waals surface area contributed by atoms with Gasteiger partial charge in [-0.15, -0.1) is 0 Å². The van der Waals surface area contributed by atoms with Gasteiger partial charge < -0.3 is 9.55 Å². The summed E-state index contributed by atoms with van der Waals surface area (Å²) >= 11 is 12.6. The summed E-state index contributed by atoms with van der Waals surface area (Å²) in [6.45, 7) is 0.412. The fraction of sp³-hybridized carbons (Fsp3) is 0.0476. The van der Waals surface area contributed by atoms with Crippen LogP contribution < -0.4 is 11.2 Å². The molecule has 0 aliphatic carbocycles. The summed E-state index contributed by atoms with van der Waals surface area (Å²) in [6.07, 6.45) is 4.78. The Labute approximate surface area is 184 Å². The van der Waals surface area contributed by atoms with Crippen LogP contribution in [-0.4, -0.2) is 19.5 Å². The van der Waals surface area contributed by atoms with E-state index in [9.17, 15) is 19.7 Å². The van der Waals surface area contributed by atoms with Gasteiger partial charge in [-0.25, -0.2) is 4.79 Å². The second-order valence-corrected chi connectivity index (χ2v) is 7.51. The second-order valence-electron chi connectivity index (χ2n) is 6.69. The van der Waals surface area contributed by atoms with Crippen LogP contribution in [0.3, 0.4) is 0 Å². The van der Waals surface area contributed by atoms with Crippen molar-refractivity contribution < 1.29 is 4.92 Å². The van der Waals surface area contributed by atoms with E-state index in [-0.39, 0.29) is 5.69 Å². The molecule has 0 aliphatic heterocycles. The summed E-state index contributed by atoms with van der Waals surface area (Å²) < 4.78 is 1.96. The first-order chi connectivity index (χ1) is 14.8. The molecule has 2 heterocycles. The smallest absolute Gasteiger partial charge is 0.342 e. The zero-order valence-electron chi connectivity index (χ0n) is 15.8. The van der Waals surface area contributed by atoms with Crippen LogP contribution in [-0.2, 0) is 6.54 Å². The Morgan fingerprint density at radius 3 is 2.42 bits per heavy atom. The average molecular weight is 457 g/mol. The first-order valence-electron chi connectivity index (χ1n) is 9.05. The minimum absolute atomic E-state index is 0.190. The Morgan fingerprint density at radius 1 is 1.00 bits per heavy atom. The quantitative estimate of drug-likeness (QED) is 0.340. The van der Waals surface area contributed by atoms with Crippen LogP contribution in [0.4, 0.5) is 5.69 Å². The Balaban J connectivity index is 1.81. The molecule has 0 atom stereocenters. The van der Waals surface area contributed by atoms with Crippen LogP contribution in [0.2, 0.25) is 10.0 Å². The number of aromatic amines is 2. The van der Waals surface area contributed by atoms with Crippen molar-refractivity contribution in [1.29, 1.82) is 0 Å². The van der Waals surface area contributed by atoms with Crippen molar-refractivity contribution in [2.75, 3.05) is 0 Å². The average Bonchev–Trinajstić information content (AvgIpc) is 3.06. The molecule has 4 rings (SSSR count). The number of H-pyrrole nitrogens is 2. The first kappa shape index (κ1) is 20.6. The minimum atomic E-state index is -1.07. The molecule has 10 heteroatoms. The monoisotopic (exact) mass is 456 g/mol. The lowest BCUT2D eigenvalue weighted by Gasteiger charge is -2.09. The molecule has 0 fully saturated rings. The summed E-state index contributed by atoms with van der Waals surface area (Å²) in [5.41, 5.74) is -0.430. The first-order valence-corrected chi connectivity index (χ1v) is 9.80. The van der Waals surface area contributed by atoms with Gasteiger partial charge in [0, 0.05) is 38.3 Å². The van der Waals surface area contributed by atoms with Gasteiger partial charge in [0.15, 0.2) is 0 Å². The van der Waals surface area contributed by atoms with E-state index in [1.807, 2.05) is 40.0 Å². The number of nitrogens with zero attached hydrogens (tertiary/aromatic N) is 2. The van der Waals surface area contributed by atoms with E-state index in [0.717, 1.165) is 22.0 Å². The van der Waals surface area contributed by atoms with E-state index in [1.165, 1.54) is 6.08 Å². The summed E-state index contributed by atoms with van der Waals surface area (Å²) in [6, 6.07) is 12.9. The molecule has 0 unspecified atom stereocenters. The maximum Gasteiger partial charge on any atom is 0.357 e. The molecule has 0 amide bonds. The maximum atomic E-state index is 11.8. The highest BCUT2D eigenvalue weighted by Crippen LogP contribution is 2.29. The van der Waals surface area contributed by atoms with Gasteiger partial charge in [0.2, 0.25) is 0 Å². The molecule has 2 aromatic carbocycles. The Kier molecular flexibility index (Phi) is 5.50. The largest absolute Gasteiger partial charge is 0.357 e. The third kappa shape index (κ3) is 4.03. The Bertz CT molecular complexity index is 1450. The molecule has 0 radical (unpaired) electrons. The van der Waals surface area contributed by atoms with Crippen LogP contribution in [0.15, 0.2) is 58.3 Å². The predicted molar refractivity (Wildman–Crippen MR) is 121 cm³/mol. The van der Waals surface area contributed by atoms with Crippen molar-refractivity contribution in [2.45, 2.75) is 6.54 Å². The molecule has 2 aromatic heterocycles. The molecule has 0 saturated heterocycles. The molecule has 0 spiro atoms. The minimum Gasteiger partial charge on any atom is -0.342 e. The van der Waals surface area contributed by atoms with E-state index >= 15 is 0 Å². The third-order valence-electron chi connectivity index (χ3n) is 4.77. The number of nitro groups is 1. The summed E-state index contributed by atoms with van der Waals surface area (Å²) in [5, 5.41) is 13.2.